The number of carbonyl (C=O) groups excluding carboxylic acids is 2. The molecule has 1 atom stereocenters. The van der Waals surface area contributed by atoms with Gasteiger partial charge in [0.1, 0.15) is 17.4 Å². The van der Waals surface area contributed by atoms with E-state index in [0.717, 1.165) is 18.2 Å². The van der Waals surface area contributed by atoms with Crippen LogP contribution in [0, 0.1) is 11.6 Å². The van der Waals surface area contributed by atoms with E-state index in [0.29, 0.717) is 0 Å². The molecule has 1 fully saturated rings. The fourth-order valence-electron chi connectivity index (χ4n) is 1.95. The zero-order valence-corrected chi connectivity index (χ0v) is 9.74. The number of ketones is 1. The van der Waals surface area contributed by atoms with Crippen molar-refractivity contribution < 1.29 is 18.4 Å². The van der Waals surface area contributed by atoms with Crippen molar-refractivity contribution in [1.82, 2.24) is 10.2 Å². The molecule has 2 rings (SSSR count). The van der Waals surface area contributed by atoms with Crippen molar-refractivity contribution in [2.75, 3.05) is 13.1 Å². The SMILES string of the molecule is CC(=O)CN1CC(c2cc(F)ccc2F)NC1=O. The maximum atomic E-state index is 13.5. The van der Waals surface area contributed by atoms with E-state index < -0.39 is 23.7 Å². The third-order valence-corrected chi connectivity index (χ3v) is 2.73. The van der Waals surface area contributed by atoms with Gasteiger partial charge >= 0.3 is 6.03 Å². The molecule has 0 saturated carbocycles. The van der Waals surface area contributed by atoms with E-state index >= 15 is 0 Å². The summed E-state index contributed by atoms with van der Waals surface area (Å²) in [5, 5.41) is 2.52. The summed E-state index contributed by atoms with van der Waals surface area (Å²) in [6.07, 6.45) is 0. The highest BCUT2D eigenvalue weighted by molar-refractivity contribution is 5.85. The van der Waals surface area contributed by atoms with Crippen molar-refractivity contribution in [3.63, 3.8) is 0 Å². The van der Waals surface area contributed by atoms with Crippen molar-refractivity contribution in [3.05, 3.63) is 35.4 Å². The first kappa shape index (κ1) is 12.5. The van der Waals surface area contributed by atoms with Crippen molar-refractivity contribution in [1.29, 1.82) is 0 Å². The van der Waals surface area contributed by atoms with E-state index in [-0.39, 0.29) is 24.4 Å². The first-order valence-electron chi connectivity index (χ1n) is 5.47. The normalized spacial score (nSPS) is 18.9. The lowest BCUT2D eigenvalue weighted by Crippen LogP contribution is -2.32. The first-order chi connectivity index (χ1) is 8.47. The third kappa shape index (κ3) is 2.47. The third-order valence-electron chi connectivity index (χ3n) is 2.73. The van der Waals surface area contributed by atoms with Crippen LogP contribution in [0.3, 0.4) is 0 Å². The van der Waals surface area contributed by atoms with Gasteiger partial charge in [-0.25, -0.2) is 13.6 Å². The molecule has 2 amide bonds. The van der Waals surface area contributed by atoms with Crippen LogP contribution in [0.5, 0.6) is 0 Å². The van der Waals surface area contributed by atoms with Crippen LogP contribution in [-0.4, -0.2) is 29.8 Å². The summed E-state index contributed by atoms with van der Waals surface area (Å²) in [6, 6.07) is 2.01. The van der Waals surface area contributed by atoms with Gasteiger partial charge in [0.25, 0.3) is 0 Å². The van der Waals surface area contributed by atoms with Gasteiger partial charge in [0.2, 0.25) is 0 Å². The molecule has 0 aromatic heterocycles. The predicted molar refractivity (Wildman–Crippen MR) is 59.9 cm³/mol. The summed E-state index contributed by atoms with van der Waals surface area (Å²) >= 11 is 0. The summed E-state index contributed by atoms with van der Waals surface area (Å²) < 4.78 is 26.6. The Balaban J connectivity index is 2.19. The second-order valence-corrected chi connectivity index (χ2v) is 4.25. The summed E-state index contributed by atoms with van der Waals surface area (Å²) in [5.74, 6) is -1.30. The van der Waals surface area contributed by atoms with Gasteiger partial charge in [0, 0.05) is 12.1 Å². The van der Waals surface area contributed by atoms with Crippen molar-refractivity contribution in [3.8, 4) is 0 Å². The van der Waals surface area contributed by atoms with Crippen LogP contribution >= 0.6 is 0 Å². The molecule has 96 valence electrons. The van der Waals surface area contributed by atoms with E-state index in [1.807, 2.05) is 0 Å². The van der Waals surface area contributed by atoms with Crippen LogP contribution < -0.4 is 5.32 Å². The molecule has 1 aromatic rings. The number of hydrogen-bond acceptors (Lipinski definition) is 2. The summed E-state index contributed by atoms with van der Waals surface area (Å²) in [7, 11) is 0. The predicted octanol–water partition coefficient (Wildman–Crippen LogP) is 1.62. The zero-order valence-electron chi connectivity index (χ0n) is 9.74. The molecule has 1 unspecified atom stereocenters. The van der Waals surface area contributed by atoms with Gasteiger partial charge in [-0.15, -0.1) is 0 Å². The number of rotatable bonds is 3. The molecule has 1 aliphatic rings. The lowest BCUT2D eigenvalue weighted by molar-refractivity contribution is -0.117. The maximum absolute atomic E-state index is 13.5. The second-order valence-electron chi connectivity index (χ2n) is 4.25. The molecule has 18 heavy (non-hydrogen) atoms. The van der Waals surface area contributed by atoms with E-state index in [2.05, 4.69) is 5.32 Å². The van der Waals surface area contributed by atoms with Crippen LogP contribution in [0.4, 0.5) is 13.6 Å². The molecule has 0 bridgehead atoms. The Kier molecular flexibility index (Phi) is 3.27. The molecule has 1 N–H and O–H groups in total. The molecule has 1 aliphatic heterocycles. The highest BCUT2D eigenvalue weighted by Gasteiger charge is 2.31. The quantitative estimate of drug-likeness (QED) is 0.891. The number of Topliss-reactive ketones (excluding diaryl/α,β-unsaturated/α-hetero) is 1. The monoisotopic (exact) mass is 254 g/mol. The highest BCUT2D eigenvalue weighted by Crippen LogP contribution is 2.23. The molecule has 1 heterocycles. The van der Waals surface area contributed by atoms with Crippen molar-refractivity contribution in [2.45, 2.75) is 13.0 Å². The summed E-state index contributed by atoms with van der Waals surface area (Å²) in [5.41, 5.74) is 0.0920. The molecular formula is C12H12F2N2O2. The van der Waals surface area contributed by atoms with Gasteiger partial charge in [-0.05, 0) is 25.1 Å². The smallest absolute Gasteiger partial charge is 0.318 e. The fourth-order valence-corrected chi connectivity index (χ4v) is 1.95. The Bertz CT molecular complexity index is 505. The highest BCUT2D eigenvalue weighted by atomic mass is 19.1. The number of carbonyl (C=O) groups is 2. The zero-order chi connectivity index (χ0) is 13.3. The molecule has 6 heteroatoms. The molecule has 0 radical (unpaired) electrons. The number of nitrogens with zero attached hydrogens (tertiary/aromatic N) is 1. The van der Waals surface area contributed by atoms with Crippen LogP contribution in [0.15, 0.2) is 18.2 Å². The summed E-state index contributed by atoms with van der Waals surface area (Å²) in [6.45, 7) is 1.49. The minimum Gasteiger partial charge on any atom is -0.329 e. The number of urea groups is 1. The van der Waals surface area contributed by atoms with Crippen LogP contribution in [0.1, 0.15) is 18.5 Å². The average molecular weight is 254 g/mol. The van der Waals surface area contributed by atoms with Gasteiger partial charge in [0.05, 0.1) is 12.6 Å². The number of halogens is 2. The van der Waals surface area contributed by atoms with E-state index in [4.69, 9.17) is 0 Å². The number of nitrogens with one attached hydrogen (secondary N) is 1. The summed E-state index contributed by atoms with van der Waals surface area (Å²) in [4.78, 5) is 23.8. The minimum atomic E-state index is -0.632. The molecule has 4 nitrogen and oxygen atoms in total. The van der Waals surface area contributed by atoms with E-state index in [1.165, 1.54) is 11.8 Å². The maximum Gasteiger partial charge on any atom is 0.318 e. The number of amides is 2. The Labute approximate surface area is 103 Å². The fraction of sp³-hybridized carbons (Fsp3) is 0.333. The van der Waals surface area contributed by atoms with Crippen LogP contribution in [-0.2, 0) is 4.79 Å². The average Bonchev–Trinajstić information content (AvgIpc) is 2.63. The Morgan fingerprint density at radius 1 is 1.50 bits per heavy atom. The second kappa shape index (κ2) is 4.72. The van der Waals surface area contributed by atoms with Crippen LogP contribution in [0.25, 0.3) is 0 Å². The molecule has 1 saturated heterocycles. The van der Waals surface area contributed by atoms with Gasteiger partial charge in [-0.2, -0.15) is 0 Å². The number of benzene rings is 1. The molecule has 1 aromatic carbocycles. The Hall–Kier alpha value is -1.98. The number of hydrogen-bond donors (Lipinski definition) is 1. The Morgan fingerprint density at radius 3 is 2.89 bits per heavy atom. The molecular weight excluding hydrogens is 242 g/mol. The van der Waals surface area contributed by atoms with E-state index in [1.54, 1.807) is 0 Å². The minimum absolute atomic E-state index is 0.0285. The van der Waals surface area contributed by atoms with Crippen LogP contribution in [0.2, 0.25) is 0 Å². The lowest BCUT2D eigenvalue weighted by atomic mass is 10.1. The van der Waals surface area contributed by atoms with Gasteiger partial charge in [-0.3, -0.25) is 4.79 Å². The molecule has 0 spiro atoms. The first-order valence-corrected chi connectivity index (χ1v) is 5.47. The van der Waals surface area contributed by atoms with Gasteiger partial charge < -0.3 is 10.2 Å². The molecule has 0 aliphatic carbocycles. The largest absolute Gasteiger partial charge is 0.329 e. The van der Waals surface area contributed by atoms with E-state index in [9.17, 15) is 18.4 Å². The van der Waals surface area contributed by atoms with Gasteiger partial charge in [-0.1, -0.05) is 0 Å². The van der Waals surface area contributed by atoms with Crippen molar-refractivity contribution >= 4 is 11.8 Å². The topological polar surface area (TPSA) is 49.4 Å². The van der Waals surface area contributed by atoms with Gasteiger partial charge in [0.15, 0.2) is 0 Å². The lowest BCUT2D eigenvalue weighted by Gasteiger charge is -2.13. The Morgan fingerprint density at radius 2 is 2.22 bits per heavy atom. The van der Waals surface area contributed by atoms with Crippen molar-refractivity contribution in [2.24, 2.45) is 0 Å². The standard InChI is InChI=1S/C12H12F2N2O2/c1-7(17)5-16-6-11(15-12(16)18)9-4-8(13)2-3-10(9)14/h2-4,11H,5-6H2,1H3,(H,15,18).